The number of benzene rings is 2. The van der Waals surface area contributed by atoms with Gasteiger partial charge < -0.3 is 5.32 Å². The lowest BCUT2D eigenvalue weighted by Gasteiger charge is -2.21. The predicted octanol–water partition coefficient (Wildman–Crippen LogP) is 2.67. The van der Waals surface area contributed by atoms with Crippen LogP contribution in [0.3, 0.4) is 0 Å². The molecule has 2 aromatic carbocycles. The first kappa shape index (κ1) is 21.5. The smallest absolute Gasteiger partial charge is 0.261 e. The van der Waals surface area contributed by atoms with E-state index < -0.39 is 21.5 Å². The SMILES string of the molecule is CC(C)(C)NC(=O)c1ccccc1NS(=O)(=O)c1ccc(N2C(=O)CCC2=O)cc1. The fourth-order valence-corrected chi connectivity index (χ4v) is 4.10. The zero-order chi connectivity index (χ0) is 22.1. The maximum Gasteiger partial charge on any atom is 0.261 e. The van der Waals surface area contributed by atoms with Crippen LogP contribution in [0, 0.1) is 0 Å². The Kier molecular flexibility index (Phi) is 5.67. The molecule has 3 amide bonds. The van der Waals surface area contributed by atoms with E-state index in [0.29, 0.717) is 5.69 Å². The molecule has 1 aliphatic rings. The van der Waals surface area contributed by atoms with E-state index in [1.807, 2.05) is 20.8 Å². The Morgan fingerprint density at radius 3 is 2.07 bits per heavy atom. The third kappa shape index (κ3) is 4.68. The summed E-state index contributed by atoms with van der Waals surface area (Å²) in [7, 11) is -4.00. The Morgan fingerprint density at radius 1 is 0.933 bits per heavy atom. The highest BCUT2D eigenvalue weighted by molar-refractivity contribution is 7.92. The molecule has 0 spiro atoms. The molecule has 9 heteroatoms. The van der Waals surface area contributed by atoms with Crippen molar-refractivity contribution >= 4 is 39.1 Å². The van der Waals surface area contributed by atoms with Crippen molar-refractivity contribution < 1.29 is 22.8 Å². The summed E-state index contributed by atoms with van der Waals surface area (Å²) in [5.41, 5.74) is 0.184. The fraction of sp³-hybridized carbons (Fsp3) is 0.286. The number of anilines is 2. The number of hydrogen-bond acceptors (Lipinski definition) is 5. The second-order valence-corrected chi connectivity index (χ2v) is 9.65. The van der Waals surface area contributed by atoms with Crippen LogP contribution in [0.1, 0.15) is 44.0 Å². The number of nitrogens with zero attached hydrogens (tertiary/aromatic N) is 1. The molecule has 0 atom stereocenters. The Hall–Kier alpha value is -3.20. The van der Waals surface area contributed by atoms with E-state index in [2.05, 4.69) is 10.0 Å². The Morgan fingerprint density at radius 2 is 1.50 bits per heavy atom. The molecule has 1 aliphatic heterocycles. The maximum absolute atomic E-state index is 12.8. The van der Waals surface area contributed by atoms with Crippen LogP contribution in [0.5, 0.6) is 0 Å². The maximum atomic E-state index is 12.8. The van der Waals surface area contributed by atoms with Crippen LogP contribution in [-0.4, -0.2) is 31.7 Å². The van der Waals surface area contributed by atoms with Gasteiger partial charge in [0.25, 0.3) is 15.9 Å². The molecule has 0 bridgehead atoms. The van der Waals surface area contributed by atoms with Gasteiger partial charge >= 0.3 is 0 Å². The van der Waals surface area contributed by atoms with Crippen molar-refractivity contribution in [2.45, 2.75) is 44.0 Å². The fourth-order valence-electron chi connectivity index (χ4n) is 3.02. The van der Waals surface area contributed by atoms with Gasteiger partial charge in [0.1, 0.15) is 0 Å². The minimum absolute atomic E-state index is 0.0589. The summed E-state index contributed by atoms with van der Waals surface area (Å²) in [6.45, 7) is 5.49. The van der Waals surface area contributed by atoms with E-state index in [1.165, 1.54) is 36.4 Å². The van der Waals surface area contributed by atoms with Gasteiger partial charge in [0.15, 0.2) is 0 Å². The molecule has 1 heterocycles. The lowest BCUT2D eigenvalue weighted by Crippen LogP contribution is -2.40. The molecule has 30 heavy (non-hydrogen) atoms. The molecule has 0 saturated carbocycles. The van der Waals surface area contributed by atoms with Gasteiger partial charge in [-0.05, 0) is 57.2 Å². The summed E-state index contributed by atoms with van der Waals surface area (Å²) in [6, 6.07) is 11.8. The van der Waals surface area contributed by atoms with Crippen molar-refractivity contribution in [2.24, 2.45) is 0 Å². The van der Waals surface area contributed by atoms with Gasteiger partial charge in [-0.1, -0.05) is 12.1 Å². The van der Waals surface area contributed by atoms with Crippen LogP contribution in [0.15, 0.2) is 53.4 Å². The molecule has 3 rings (SSSR count). The Bertz CT molecular complexity index is 1090. The first-order valence-electron chi connectivity index (χ1n) is 9.38. The van der Waals surface area contributed by atoms with Gasteiger partial charge in [-0.15, -0.1) is 0 Å². The third-order valence-electron chi connectivity index (χ3n) is 4.36. The normalized spacial score (nSPS) is 14.7. The summed E-state index contributed by atoms with van der Waals surface area (Å²) in [5.74, 6) is -1.03. The molecule has 8 nitrogen and oxygen atoms in total. The number of carbonyl (C=O) groups excluding carboxylic acids is 3. The number of para-hydroxylation sites is 1. The topological polar surface area (TPSA) is 113 Å². The number of imide groups is 1. The van der Waals surface area contributed by atoms with Gasteiger partial charge in [-0.25, -0.2) is 8.42 Å². The molecule has 0 aliphatic carbocycles. The Balaban J connectivity index is 1.85. The van der Waals surface area contributed by atoms with E-state index in [9.17, 15) is 22.8 Å². The van der Waals surface area contributed by atoms with E-state index >= 15 is 0 Å². The largest absolute Gasteiger partial charge is 0.347 e. The van der Waals surface area contributed by atoms with Crippen LogP contribution >= 0.6 is 0 Å². The molecule has 1 fully saturated rings. The minimum Gasteiger partial charge on any atom is -0.347 e. The standard InChI is InChI=1S/C21H23N3O5S/c1-21(2,3)22-20(27)16-6-4-5-7-17(16)23-30(28,29)15-10-8-14(9-11-15)24-18(25)12-13-19(24)26/h4-11,23H,12-13H2,1-3H3,(H,22,27). The van der Waals surface area contributed by atoms with E-state index in [4.69, 9.17) is 0 Å². The number of carbonyl (C=O) groups is 3. The summed E-state index contributed by atoms with van der Waals surface area (Å²) in [5, 5.41) is 2.81. The van der Waals surface area contributed by atoms with Crippen molar-refractivity contribution in [2.75, 3.05) is 9.62 Å². The highest BCUT2D eigenvalue weighted by atomic mass is 32.2. The second kappa shape index (κ2) is 7.91. The van der Waals surface area contributed by atoms with Crippen LogP contribution in [-0.2, 0) is 19.6 Å². The third-order valence-corrected chi connectivity index (χ3v) is 5.74. The second-order valence-electron chi connectivity index (χ2n) is 7.97. The lowest BCUT2D eigenvalue weighted by atomic mass is 10.1. The Labute approximate surface area is 175 Å². The zero-order valence-electron chi connectivity index (χ0n) is 16.9. The van der Waals surface area contributed by atoms with Gasteiger partial charge in [-0.2, -0.15) is 0 Å². The van der Waals surface area contributed by atoms with Crippen LogP contribution in [0.4, 0.5) is 11.4 Å². The van der Waals surface area contributed by atoms with Crippen molar-refractivity contribution in [1.29, 1.82) is 0 Å². The van der Waals surface area contributed by atoms with Crippen molar-refractivity contribution in [3.63, 3.8) is 0 Å². The number of rotatable bonds is 5. The summed E-state index contributed by atoms with van der Waals surface area (Å²) >= 11 is 0. The van der Waals surface area contributed by atoms with Crippen LogP contribution < -0.4 is 14.9 Å². The summed E-state index contributed by atoms with van der Waals surface area (Å²) < 4.78 is 28.1. The van der Waals surface area contributed by atoms with Gasteiger partial charge in [0.05, 0.1) is 21.8 Å². The molecule has 2 N–H and O–H groups in total. The molecule has 0 unspecified atom stereocenters. The van der Waals surface area contributed by atoms with Crippen molar-refractivity contribution in [3.8, 4) is 0 Å². The van der Waals surface area contributed by atoms with Crippen LogP contribution in [0.25, 0.3) is 0 Å². The van der Waals surface area contributed by atoms with Gasteiger partial charge in [0, 0.05) is 18.4 Å². The molecule has 0 radical (unpaired) electrons. The zero-order valence-corrected chi connectivity index (χ0v) is 17.7. The van der Waals surface area contributed by atoms with Crippen molar-refractivity contribution in [1.82, 2.24) is 5.32 Å². The molecule has 1 saturated heterocycles. The molecule has 0 aromatic heterocycles. The number of hydrogen-bond donors (Lipinski definition) is 2. The first-order chi connectivity index (χ1) is 14.0. The lowest BCUT2D eigenvalue weighted by molar-refractivity contribution is -0.121. The highest BCUT2D eigenvalue weighted by Gasteiger charge is 2.30. The average Bonchev–Trinajstić information content (AvgIpc) is 2.99. The summed E-state index contributed by atoms with van der Waals surface area (Å²) in [6.07, 6.45) is 0.293. The van der Waals surface area contributed by atoms with E-state index in [1.54, 1.807) is 12.1 Å². The van der Waals surface area contributed by atoms with Gasteiger partial charge in [0.2, 0.25) is 11.8 Å². The average molecular weight is 429 g/mol. The monoisotopic (exact) mass is 429 g/mol. The summed E-state index contributed by atoms with van der Waals surface area (Å²) in [4.78, 5) is 37.2. The highest BCUT2D eigenvalue weighted by Crippen LogP contribution is 2.26. The number of amides is 3. The van der Waals surface area contributed by atoms with E-state index in [-0.39, 0.29) is 40.8 Å². The quantitative estimate of drug-likeness (QED) is 0.710. The molecular weight excluding hydrogens is 406 g/mol. The molecular formula is C21H23N3O5S. The van der Waals surface area contributed by atoms with Crippen LogP contribution in [0.2, 0.25) is 0 Å². The number of sulfonamides is 1. The molecule has 158 valence electrons. The predicted molar refractivity (Wildman–Crippen MR) is 113 cm³/mol. The van der Waals surface area contributed by atoms with E-state index in [0.717, 1.165) is 4.90 Å². The minimum atomic E-state index is -4.00. The molecule has 2 aromatic rings. The number of nitrogens with one attached hydrogen (secondary N) is 2. The van der Waals surface area contributed by atoms with Crippen molar-refractivity contribution in [3.05, 3.63) is 54.1 Å². The first-order valence-corrected chi connectivity index (χ1v) is 10.9. The van der Waals surface area contributed by atoms with Gasteiger partial charge in [-0.3, -0.25) is 24.0 Å².